The Morgan fingerprint density at radius 3 is 2.88 bits per heavy atom. The second-order valence-corrected chi connectivity index (χ2v) is 6.25. The quantitative estimate of drug-likeness (QED) is 0.656. The van der Waals surface area contributed by atoms with Crippen molar-refractivity contribution in [1.29, 1.82) is 0 Å². The SMILES string of the molecule is CCCCNC(=O)CNC1CCC(SCC)C1. The van der Waals surface area contributed by atoms with E-state index in [0.29, 0.717) is 12.6 Å². The number of unbranched alkanes of at least 4 members (excludes halogenated alkanes) is 1. The summed E-state index contributed by atoms with van der Waals surface area (Å²) in [4.78, 5) is 11.5. The van der Waals surface area contributed by atoms with Crippen LogP contribution in [-0.4, -0.2) is 36.0 Å². The van der Waals surface area contributed by atoms with Crippen LogP contribution in [0.3, 0.4) is 0 Å². The van der Waals surface area contributed by atoms with Gasteiger partial charge in [-0.05, 0) is 31.4 Å². The van der Waals surface area contributed by atoms with Crippen LogP contribution in [0.5, 0.6) is 0 Å². The predicted molar refractivity (Wildman–Crippen MR) is 75.5 cm³/mol. The van der Waals surface area contributed by atoms with Crippen molar-refractivity contribution in [2.75, 3.05) is 18.8 Å². The molecule has 0 aromatic heterocycles. The van der Waals surface area contributed by atoms with Gasteiger partial charge in [0.25, 0.3) is 0 Å². The lowest BCUT2D eigenvalue weighted by Gasteiger charge is -2.12. The lowest BCUT2D eigenvalue weighted by molar-refractivity contribution is -0.120. The molecule has 1 rings (SSSR count). The highest BCUT2D eigenvalue weighted by Crippen LogP contribution is 2.29. The van der Waals surface area contributed by atoms with E-state index in [1.54, 1.807) is 0 Å². The van der Waals surface area contributed by atoms with Gasteiger partial charge in [0.15, 0.2) is 0 Å². The fourth-order valence-electron chi connectivity index (χ4n) is 2.22. The second-order valence-electron chi connectivity index (χ2n) is 4.67. The average Bonchev–Trinajstić information content (AvgIpc) is 2.75. The normalized spacial score (nSPS) is 23.9. The van der Waals surface area contributed by atoms with Crippen LogP contribution in [0.15, 0.2) is 0 Å². The Kier molecular flexibility index (Phi) is 7.69. The molecule has 0 aliphatic heterocycles. The minimum Gasteiger partial charge on any atom is -0.355 e. The highest BCUT2D eigenvalue weighted by atomic mass is 32.2. The molecule has 1 aliphatic carbocycles. The maximum atomic E-state index is 11.5. The summed E-state index contributed by atoms with van der Waals surface area (Å²) in [5.41, 5.74) is 0. The van der Waals surface area contributed by atoms with Crippen LogP contribution in [0.2, 0.25) is 0 Å². The Morgan fingerprint density at radius 1 is 1.35 bits per heavy atom. The van der Waals surface area contributed by atoms with Gasteiger partial charge in [-0.2, -0.15) is 11.8 Å². The number of amides is 1. The molecule has 0 aromatic carbocycles. The van der Waals surface area contributed by atoms with Gasteiger partial charge in [0.05, 0.1) is 6.54 Å². The monoisotopic (exact) mass is 258 g/mol. The zero-order valence-electron chi connectivity index (χ0n) is 11.1. The maximum Gasteiger partial charge on any atom is 0.233 e. The molecule has 1 saturated carbocycles. The van der Waals surface area contributed by atoms with Crippen molar-refractivity contribution in [3.8, 4) is 0 Å². The molecular weight excluding hydrogens is 232 g/mol. The molecule has 1 aliphatic rings. The third-order valence-electron chi connectivity index (χ3n) is 3.19. The molecule has 0 heterocycles. The topological polar surface area (TPSA) is 41.1 Å². The summed E-state index contributed by atoms with van der Waals surface area (Å²) in [6.07, 6.45) is 5.95. The molecule has 2 N–H and O–H groups in total. The molecule has 0 aromatic rings. The van der Waals surface area contributed by atoms with Gasteiger partial charge in [0.2, 0.25) is 5.91 Å². The van der Waals surface area contributed by atoms with Crippen LogP contribution in [0.25, 0.3) is 0 Å². The maximum absolute atomic E-state index is 11.5. The Hall–Kier alpha value is -0.220. The van der Waals surface area contributed by atoms with Crippen molar-refractivity contribution in [3.63, 3.8) is 0 Å². The zero-order valence-corrected chi connectivity index (χ0v) is 11.9. The van der Waals surface area contributed by atoms with Gasteiger partial charge in [-0.1, -0.05) is 20.3 Å². The first kappa shape index (κ1) is 14.8. The summed E-state index contributed by atoms with van der Waals surface area (Å²) in [7, 11) is 0. The van der Waals surface area contributed by atoms with Gasteiger partial charge < -0.3 is 10.6 Å². The van der Waals surface area contributed by atoms with Gasteiger partial charge in [-0.15, -0.1) is 0 Å². The Balaban J connectivity index is 2.04. The highest BCUT2D eigenvalue weighted by molar-refractivity contribution is 7.99. The minimum absolute atomic E-state index is 0.144. The van der Waals surface area contributed by atoms with E-state index in [2.05, 4.69) is 36.2 Å². The van der Waals surface area contributed by atoms with E-state index in [4.69, 9.17) is 0 Å². The van der Waals surface area contributed by atoms with Crippen molar-refractivity contribution >= 4 is 17.7 Å². The smallest absolute Gasteiger partial charge is 0.233 e. The lowest BCUT2D eigenvalue weighted by atomic mass is 10.2. The molecule has 100 valence electrons. The van der Waals surface area contributed by atoms with E-state index in [1.165, 1.54) is 25.0 Å². The number of hydrogen-bond acceptors (Lipinski definition) is 3. The molecule has 0 saturated heterocycles. The van der Waals surface area contributed by atoms with Crippen molar-refractivity contribution in [2.24, 2.45) is 0 Å². The van der Waals surface area contributed by atoms with E-state index < -0.39 is 0 Å². The summed E-state index contributed by atoms with van der Waals surface area (Å²) in [5, 5.41) is 7.11. The molecule has 0 bridgehead atoms. The van der Waals surface area contributed by atoms with Crippen LogP contribution < -0.4 is 10.6 Å². The summed E-state index contributed by atoms with van der Waals surface area (Å²) in [6, 6.07) is 0.552. The molecular formula is C13H26N2OS. The van der Waals surface area contributed by atoms with Crippen molar-refractivity contribution in [1.82, 2.24) is 10.6 Å². The summed E-state index contributed by atoms with van der Waals surface area (Å²) >= 11 is 2.05. The molecule has 1 amide bonds. The standard InChI is InChI=1S/C13H26N2OS/c1-3-5-8-14-13(16)10-15-11-6-7-12(9-11)17-4-2/h11-12,15H,3-10H2,1-2H3,(H,14,16). The van der Waals surface area contributed by atoms with E-state index in [9.17, 15) is 4.79 Å². The van der Waals surface area contributed by atoms with Crippen LogP contribution in [-0.2, 0) is 4.79 Å². The first-order valence-corrected chi connectivity index (χ1v) is 7.92. The first-order valence-electron chi connectivity index (χ1n) is 6.88. The molecule has 3 nitrogen and oxygen atoms in total. The van der Waals surface area contributed by atoms with Gasteiger partial charge in [-0.25, -0.2) is 0 Å². The van der Waals surface area contributed by atoms with Crippen molar-refractivity contribution in [3.05, 3.63) is 0 Å². The summed E-state index contributed by atoms with van der Waals surface area (Å²) in [5.74, 6) is 1.35. The number of carbonyl (C=O) groups is 1. The number of rotatable bonds is 8. The van der Waals surface area contributed by atoms with Crippen LogP contribution in [0.4, 0.5) is 0 Å². The minimum atomic E-state index is 0.144. The van der Waals surface area contributed by atoms with Crippen molar-refractivity contribution < 1.29 is 4.79 Å². The Morgan fingerprint density at radius 2 is 2.18 bits per heavy atom. The first-order chi connectivity index (χ1) is 8.26. The van der Waals surface area contributed by atoms with Crippen LogP contribution in [0, 0.1) is 0 Å². The van der Waals surface area contributed by atoms with E-state index in [0.717, 1.165) is 24.6 Å². The molecule has 17 heavy (non-hydrogen) atoms. The fourth-order valence-corrected chi connectivity index (χ4v) is 3.36. The van der Waals surface area contributed by atoms with Gasteiger partial charge in [0.1, 0.15) is 0 Å². The number of carbonyl (C=O) groups excluding carboxylic acids is 1. The zero-order chi connectivity index (χ0) is 12.5. The number of nitrogens with one attached hydrogen (secondary N) is 2. The number of hydrogen-bond donors (Lipinski definition) is 2. The largest absolute Gasteiger partial charge is 0.355 e. The van der Waals surface area contributed by atoms with E-state index in [-0.39, 0.29) is 5.91 Å². The molecule has 0 radical (unpaired) electrons. The van der Waals surface area contributed by atoms with E-state index in [1.807, 2.05) is 0 Å². The number of thioether (sulfide) groups is 1. The Labute approximate surface area is 109 Å². The summed E-state index contributed by atoms with van der Waals surface area (Å²) < 4.78 is 0. The third kappa shape index (κ3) is 6.32. The van der Waals surface area contributed by atoms with Gasteiger partial charge in [-0.3, -0.25) is 4.79 Å². The lowest BCUT2D eigenvalue weighted by Crippen LogP contribution is -2.38. The highest BCUT2D eigenvalue weighted by Gasteiger charge is 2.24. The summed E-state index contributed by atoms with van der Waals surface area (Å²) in [6.45, 7) is 5.65. The van der Waals surface area contributed by atoms with E-state index >= 15 is 0 Å². The molecule has 0 spiro atoms. The Bertz CT molecular complexity index is 223. The van der Waals surface area contributed by atoms with Crippen LogP contribution in [0.1, 0.15) is 46.0 Å². The molecule has 4 heteroatoms. The molecule has 2 unspecified atom stereocenters. The third-order valence-corrected chi connectivity index (χ3v) is 4.42. The molecule has 2 atom stereocenters. The van der Waals surface area contributed by atoms with Crippen molar-refractivity contribution in [2.45, 2.75) is 57.2 Å². The second kappa shape index (κ2) is 8.81. The predicted octanol–water partition coefficient (Wildman–Crippen LogP) is 2.17. The fraction of sp³-hybridized carbons (Fsp3) is 0.923. The van der Waals surface area contributed by atoms with Gasteiger partial charge in [0, 0.05) is 17.8 Å². The molecule has 1 fully saturated rings. The van der Waals surface area contributed by atoms with Crippen LogP contribution >= 0.6 is 11.8 Å². The average molecular weight is 258 g/mol. The van der Waals surface area contributed by atoms with Gasteiger partial charge >= 0.3 is 0 Å².